The zero-order valence-corrected chi connectivity index (χ0v) is 23.4. The summed E-state index contributed by atoms with van der Waals surface area (Å²) < 4.78 is 37.2. The van der Waals surface area contributed by atoms with Crippen molar-refractivity contribution in [2.24, 2.45) is 0 Å². The first-order valence-electron chi connectivity index (χ1n) is 12.4. The number of benzene rings is 2. The van der Waals surface area contributed by atoms with Gasteiger partial charge in [0.05, 0.1) is 26.2 Å². The predicted molar refractivity (Wildman–Crippen MR) is 145 cm³/mol. The number of ether oxygens (including phenoxy) is 2. The molecule has 2 rings (SSSR count). The van der Waals surface area contributed by atoms with Crippen molar-refractivity contribution < 1.29 is 27.5 Å². The number of anilines is 1. The highest BCUT2D eigenvalue weighted by molar-refractivity contribution is 7.92. The molecule has 0 heterocycles. The van der Waals surface area contributed by atoms with E-state index in [4.69, 9.17) is 9.47 Å². The molecule has 0 fully saturated rings. The average molecular weight is 534 g/mol. The van der Waals surface area contributed by atoms with Crippen LogP contribution in [0.4, 0.5) is 5.69 Å². The summed E-state index contributed by atoms with van der Waals surface area (Å²) in [7, 11) is -0.922. The summed E-state index contributed by atoms with van der Waals surface area (Å²) in [5.74, 6) is 0.0212. The molecule has 1 N–H and O–H groups in total. The fourth-order valence-electron chi connectivity index (χ4n) is 3.91. The van der Waals surface area contributed by atoms with Gasteiger partial charge >= 0.3 is 0 Å². The molecule has 0 aliphatic carbocycles. The number of methoxy groups -OCH3 is 2. The number of nitrogens with one attached hydrogen (secondary N) is 1. The van der Waals surface area contributed by atoms with Crippen LogP contribution in [0.2, 0.25) is 0 Å². The third kappa shape index (κ3) is 8.38. The standard InChI is InChI=1S/C27H39N3O6S/c1-7-9-16-28-27(32)23(8-2)29(18-21-12-10-20(3)11-13-21)26(31)19-30(37(6,33)34)22-14-15-24(35-4)25(17-22)36-5/h10-15,17,23H,7-9,16,18-19H2,1-6H3,(H,28,32)/t23-/m1/s1. The van der Waals surface area contributed by atoms with Crippen molar-refractivity contribution in [1.29, 1.82) is 0 Å². The molecule has 2 aromatic carbocycles. The van der Waals surface area contributed by atoms with Gasteiger partial charge in [-0.25, -0.2) is 8.42 Å². The summed E-state index contributed by atoms with van der Waals surface area (Å²) in [4.78, 5) is 28.3. The second kappa shape index (κ2) is 13.9. The Balaban J connectivity index is 2.44. The summed E-state index contributed by atoms with van der Waals surface area (Å²) >= 11 is 0. The third-order valence-electron chi connectivity index (χ3n) is 6.02. The number of carbonyl (C=O) groups is 2. The molecule has 1 atom stereocenters. The highest BCUT2D eigenvalue weighted by atomic mass is 32.2. The summed E-state index contributed by atoms with van der Waals surface area (Å²) in [5.41, 5.74) is 2.17. The zero-order valence-electron chi connectivity index (χ0n) is 22.6. The number of carbonyl (C=O) groups excluding carboxylic acids is 2. The quantitative estimate of drug-likeness (QED) is 0.373. The van der Waals surface area contributed by atoms with Crippen LogP contribution in [-0.4, -0.2) is 64.7 Å². The Bertz CT molecular complexity index is 1150. The number of hydrogen-bond acceptors (Lipinski definition) is 6. The molecule has 0 unspecified atom stereocenters. The molecule has 2 aromatic rings. The van der Waals surface area contributed by atoms with Crippen molar-refractivity contribution in [1.82, 2.24) is 10.2 Å². The maximum atomic E-state index is 13.7. The Labute approximate surface area is 220 Å². The first kappa shape index (κ1) is 30.0. The summed E-state index contributed by atoms with van der Waals surface area (Å²) in [5, 5.41) is 2.91. The van der Waals surface area contributed by atoms with E-state index in [1.54, 1.807) is 12.1 Å². The smallest absolute Gasteiger partial charge is 0.244 e. The van der Waals surface area contributed by atoms with Crippen molar-refractivity contribution >= 4 is 27.5 Å². The van der Waals surface area contributed by atoms with Gasteiger partial charge in [0.2, 0.25) is 21.8 Å². The molecule has 0 radical (unpaired) electrons. The van der Waals surface area contributed by atoms with E-state index in [-0.39, 0.29) is 18.1 Å². The highest BCUT2D eigenvalue weighted by Crippen LogP contribution is 2.32. The van der Waals surface area contributed by atoms with Crippen LogP contribution in [0.1, 0.15) is 44.2 Å². The Hall–Kier alpha value is -3.27. The van der Waals surface area contributed by atoms with E-state index in [1.807, 2.05) is 45.0 Å². The van der Waals surface area contributed by atoms with E-state index in [0.29, 0.717) is 24.5 Å². The molecule has 0 aliphatic rings. The fourth-order valence-corrected chi connectivity index (χ4v) is 4.75. The van der Waals surface area contributed by atoms with Crippen LogP contribution in [0.25, 0.3) is 0 Å². The minimum atomic E-state index is -3.85. The number of aryl methyl sites for hydroxylation is 1. The van der Waals surface area contributed by atoms with Crippen molar-refractivity contribution in [3.63, 3.8) is 0 Å². The zero-order chi connectivity index (χ0) is 27.6. The van der Waals surface area contributed by atoms with Gasteiger partial charge in [-0.2, -0.15) is 0 Å². The Morgan fingerprint density at radius 3 is 2.19 bits per heavy atom. The molecule has 2 amide bonds. The lowest BCUT2D eigenvalue weighted by Gasteiger charge is -2.33. The minimum absolute atomic E-state index is 0.169. The van der Waals surface area contributed by atoms with Gasteiger partial charge in [0.1, 0.15) is 12.6 Å². The second-order valence-electron chi connectivity index (χ2n) is 8.88. The summed E-state index contributed by atoms with van der Waals surface area (Å²) in [6.07, 6.45) is 3.17. The SMILES string of the molecule is CCCCNC(=O)[C@@H](CC)N(Cc1ccc(C)cc1)C(=O)CN(c1ccc(OC)c(OC)c1)S(C)(=O)=O. The molecule has 0 saturated heterocycles. The van der Waals surface area contributed by atoms with Gasteiger partial charge in [0.15, 0.2) is 11.5 Å². The predicted octanol–water partition coefficient (Wildman–Crippen LogP) is 3.50. The van der Waals surface area contributed by atoms with Crippen LogP contribution in [0.3, 0.4) is 0 Å². The van der Waals surface area contributed by atoms with Gasteiger partial charge in [-0.05, 0) is 37.5 Å². The summed E-state index contributed by atoms with van der Waals surface area (Å²) in [6, 6.07) is 11.6. The van der Waals surface area contributed by atoms with E-state index in [9.17, 15) is 18.0 Å². The fraction of sp³-hybridized carbons (Fsp3) is 0.481. The second-order valence-corrected chi connectivity index (χ2v) is 10.8. The molecular weight excluding hydrogens is 494 g/mol. The van der Waals surface area contributed by atoms with E-state index in [1.165, 1.54) is 25.2 Å². The van der Waals surface area contributed by atoms with Gasteiger partial charge < -0.3 is 19.7 Å². The lowest BCUT2D eigenvalue weighted by molar-refractivity contribution is -0.140. The van der Waals surface area contributed by atoms with Gasteiger partial charge in [-0.1, -0.05) is 50.1 Å². The molecule has 0 bridgehead atoms. The van der Waals surface area contributed by atoms with Crippen molar-refractivity contribution in [3.8, 4) is 11.5 Å². The minimum Gasteiger partial charge on any atom is -0.493 e. The lowest BCUT2D eigenvalue weighted by Crippen LogP contribution is -2.52. The Kier molecular flexibility index (Phi) is 11.2. The molecular formula is C27H39N3O6S. The number of hydrogen-bond donors (Lipinski definition) is 1. The van der Waals surface area contributed by atoms with Crippen LogP contribution in [0.5, 0.6) is 11.5 Å². The molecule has 0 spiro atoms. The lowest BCUT2D eigenvalue weighted by atomic mass is 10.1. The molecule has 0 saturated carbocycles. The van der Waals surface area contributed by atoms with Crippen LogP contribution < -0.4 is 19.1 Å². The molecule has 37 heavy (non-hydrogen) atoms. The van der Waals surface area contributed by atoms with E-state index >= 15 is 0 Å². The van der Waals surface area contributed by atoms with E-state index in [2.05, 4.69) is 5.32 Å². The third-order valence-corrected chi connectivity index (χ3v) is 7.16. The maximum absolute atomic E-state index is 13.7. The Morgan fingerprint density at radius 1 is 1.00 bits per heavy atom. The van der Waals surface area contributed by atoms with Gasteiger partial charge in [-0.3, -0.25) is 13.9 Å². The molecule has 204 valence electrons. The number of amides is 2. The summed E-state index contributed by atoms with van der Waals surface area (Å²) in [6.45, 7) is 6.05. The molecule has 10 heteroatoms. The average Bonchev–Trinajstić information content (AvgIpc) is 2.87. The number of sulfonamides is 1. The molecule has 9 nitrogen and oxygen atoms in total. The van der Waals surface area contributed by atoms with Gasteiger partial charge in [0.25, 0.3) is 0 Å². The van der Waals surface area contributed by atoms with E-state index < -0.39 is 28.5 Å². The van der Waals surface area contributed by atoms with Crippen molar-refractivity contribution in [2.75, 3.05) is 37.9 Å². The van der Waals surface area contributed by atoms with Gasteiger partial charge in [-0.15, -0.1) is 0 Å². The number of nitrogens with zero attached hydrogens (tertiary/aromatic N) is 2. The normalized spacial score (nSPS) is 11.9. The number of rotatable bonds is 14. The first-order valence-corrected chi connectivity index (χ1v) is 14.2. The largest absolute Gasteiger partial charge is 0.493 e. The molecule has 0 aromatic heterocycles. The van der Waals surface area contributed by atoms with Crippen LogP contribution in [0.15, 0.2) is 42.5 Å². The highest BCUT2D eigenvalue weighted by Gasteiger charge is 2.32. The van der Waals surface area contributed by atoms with Crippen LogP contribution in [0, 0.1) is 6.92 Å². The maximum Gasteiger partial charge on any atom is 0.244 e. The van der Waals surface area contributed by atoms with E-state index in [0.717, 1.165) is 34.5 Å². The molecule has 0 aliphatic heterocycles. The first-order chi connectivity index (χ1) is 17.5. The van der Waals surface area contributed by atoms with Crippen molar-refractivity contribution in [2.45, 2.75) is 52.6 Å². The Morgan fingerprint density at radius 2 is 1.65 bits per heavy atom. The number of unbranched alkanes of at least 4 members (excludes halogenated alkanes) is 1. The van der Waals surface area contributed by atoms with Crippen LogP contribution >= 0.6 is 0 Å². The monoisotopic (exact) mass is 533 g/mol. The van der Waals surface area contributed by atoms with Crippen molar-refractivity contribution in [3.05, 3.63) is 53.6 Å². The van der Waals surface area contributed by atoms with Crippen LogP contribution in [-0.2, 0) is 26.2 Å². The van der Waals surface area contributed by atoms with Gasteiger partial charge in [0, 0.05) is 19.2 Å². The topological polar surface area (TPSA) is 105 Å².